The van der Waals surface area contributed by atoms with E-state index in [0.29, 0.717) is 12.2 Å². The predicted octanol–water partition coefficient (Wildman–Crippen LogP) is 3.17. The number of hydrogen-bond acceptors (Lipinski definition) is 4. The summed E-state index contributed by atoms with van der Waals surface area (Å²) in [5.74, 6) is -0.124. The number of anilines is 1. The van der Waals surface area contributed by atoms with Crippen LogP contribution in [0.3, 0.4) is 0 Å². The number of aryl methyl sites for hydroxylation is 1. The van der Waals surface area contributed by atoms with Gasteiger partial charge in [0.15, 0.2) is 11.5 Å². The Bertz CT molecular complexity index is 471. The lowest BCUT2D eigenvalue weighted by Gasteiger charge is -2.24. The molecule has 0 saturated heterocycles. The van der Waals surface area contributed by atoms with Gasteiger partial charge < -0.3 is 19.8 Å². The largest absolute Gasteiger partial charge is 0.511 e. The molecule has 0 aliphatic carbocycles. The molecule has 5 nitrogen and oxygen atoms in total. The maximum atomic E-state index is 10.6. The van der Waals surface area contributed by atoms with Crippen LogP contribution in [0.2, 0.25) is 0 Å². The molecular weight excluding hydrogens is 246 g/mol. The van der Waals surface area contributed by atoms with Crippen molar-refractivity contribution < 1.29 is 19.7 Å². The third kappa shape index (κ3) is 3.30. The van der Waals surface area contributed by atoms with E-state index in [1.165, 1.54) is 0 Å². The van der Waals surface area contributed by atoms with E-state index in [4.69, 9.17) is 5.11 Å². The predicted molar refractivity (Wildman–Crippen MR) is 74.4 cm³/mol. The summed E-state index contributed by atoms with van der Waals surface area (Å²) in [4.78, 5) is 12.5. The summed E-state index contributed by atoms with van der Waals surface area (Å²) in [6, 6.07) is 1.57. The van der Waals surface area contributed by atoms with Gasteiger partial charge >= 0.3 is 6.16 Å². The number of phenols is 1. The molecule has 0 unspecified atom stereocenters. The van der Waals surface area contributed by atoms with Crippen LogP contribution in [-0.2, 0) is 6.42 Å². The number of rotatable bonds is 5. The Morgan fingerprint density at radius 2 is 2.05 bits per heavy atom. The third-order valence-corrected chi connectivity index (χ3v) is 3.12. The SMILES string of the molecule is CCCc1c(C)cc(OC(=O)O)c(O)c1N(C)CC. The fourth-order valence-corrected chi connectivity index (χ4v) is 2.11. The smallest absolute Gasteiger partial charge is 0.503 e. The van der Waals surface area contributed by atoms with Gasteiger partial charge in [-0.3, -0.25) is 0 Å². The van der Waals surface area contributed by atoms with Crippen molar-refractivity contribution in [2.75, 3.05) is 18.5 Å². The maximum Gasteiger partial charge on any atom is 0.511 e. The standard InChI is InChI=1S/C14H21NO4/c1-5-7-10-9(3)8-11(19-14(17)18)13(16)12(10)15(4)6-2/h8,16H,5-7H2,1-4H3,(H,17,18). The fourth-order valence-electron chi connectivity index (χ4n) is 2.11. The summed E-state index contributed by atoms with van der Waals surface area (Å²) in [5, 5.41) is 18.9. The van der Waals surface area contributed by atoms with Crippen molar-refractivity contribution >= 4 is 11.8 Å². The fraction of sp³-hybridized carbons (Fsp3) is 0.500. The monoisotopic (exact) mass is 267 g/mol. The average Bonchev–Trinajstić information content (AvgIpc) is 2.34. The minimum atomic E-state index is -1.43. The Morgan fingerprint density at radius 3 is 2.53 bits per heavy atom. The van der Waals surface area contributed by atoms with Crippen LogP contribution in [-0.4, -0.2) is 30.0 Å². The van der Waals surface area contributed by atoms with E-state index in [1.807, 2.05) is 25.8 Å². The van der Waals surface area contributed by atoms with Gasteiger partial charge in [-0.15, -0.1) is 0 Å². The topological polar surface area (TPSA) is 70.0 Å². The van der Waals surface area contributed by atoms with Gasteiger partial charge in [-0.05, 0) is 37.5 Å². The molecule has 5 heteroatoms. The van der Waals surface area contributed by atoms with Crippen LogP contribution in [0.4, 0.5) is 10.5 Å². The van der Waals surface area contributed by atoms with Crippen molar-refractivity contribution in [2.24, 2.45) is 0 Å². The number of hydrogen-bond donors (Lipinski definition) is 2. The highest BCUT2D eigenvalue weighted by atomic mass is 16.7. The molecule has 106 valence electrons. The number of carboxylic acid groups (broad SMARTS) is 1. The summed E-state index contributed by atoms with van der Waals surface area (Å²) in [6.45, 7) is 6.63. The molecule has 0 aliphatic heterocycles. The van der Waals surface area contributed by atoms with Gasteiger partial charge in [0, 0.05) is 13.6 Å². The van der Waals surface area contributed by atoms with Crippen molar-refractivity contribution in [3.63, 3.8) is 0 Å². The van der Waals surface area contributed by atoms with Crippen LogP contribution in [0.15, 0.2) is 6.07 Å². The average molecular weight is 267 g/mol. The molecule has 0 aromatic heterocycles. The van der Waals surface area contributed by atoms with Crippen LogP contribution in [0, 0.1) is 6.92 Å². The van der Waals surface area contributed by atoms with Crippen LogP contribution in [0.25, 0.3) is 0 Å². The van der Waals surface area contributed by atoms with E-state index in [9.17, 15) is 9.90 Å². The van der Waals surface area contributed by atoms with E-state index in [-0.39, 0.29) is 11.5 Å². The summed E-state index contributed by atoms with van der Waals surface area (Å²) in [6.07, 6.45) is 0.346. The summed E-state index contributed by atoms with van der Waals surface area (Å²) < 4.78 is 4.63. The molecule has 1 rings (SSSR count). The zero-order valence-corrected chi connectivity index (χ0v) is 11.9. The van der Waals surface area contributed by atoms with Gasteiger partial charge in [0.1, 0.15) is 0 Å². The molecule has 0 heterocycles. The Balaban J connectivity index is 3.42. The normalized spacial score (nSPS) is 10.3. The van der Waals surface area contributed by atoms with Gasteiger partial charge in [0.2, 0.25) is 0 Å². The van der Waals surface area contributed by atoms with Crippen molar-refractivity contribution in [3.8, 4) is 11.5 Å². The van der Waals surface area contributed by atoms with Gasteiger partial charge in [0.25, 0.3) is 0 Å². The highest BCUT2D eigenvalue weighted by Gasteiger charge is 2.20. The highest BCUT2D eigenvalue weighted by molar-refractivity contribution is 5.73. The van der Waals surface area contributed by atoms with Crippen LogP contribution < -0.4 is 9.64 Å². The molecule has 2 N–H and O–H groups in total. The quantitative estimate of drug-likeness (QED) is 0.633. The number of aromatic hydroxyl groups is 1. The molecule has 0 atom stereocenters. The second kappa shape index (κ2) is 6.31. The molecule has 0 bridgehead atoms. The lowest BCUT2D eigenvalue weighted by atomic mass is 9.99. The zero-order valence-electron chi connectivity index (χ0n) is 11.9. The molecule has 0 fully saturated rings. The molecular formula is C14H21NO4. The van der Waals surface area contributed by atoms with Crippen LogP contribution >= 0.6 is 0 Å². The first-order valence-corrected chi connectivity index (χ1v) is 6.39. The summed E-state index contributed by atoms with van der Waals surface area (Å²) >= 11 is 0. The lowest BCUT2D eigenvalue weighted by molar-refractivity contribution is 0.143. The van der Waals surface area contributed by atoms with Crippen LogP contribution in [0.1, 0.15) is 31.4 Å². The third-order valence-electron chi connectivity index (χ3n) is 3.12. The van der Waals surface area contributed by atoms with E-state index >= 15 is 0 Å². The van der Waals surface area contributed by atoms with E-state index in [2.05, 4.69) is 11.7 Å². The molecule has 19 heavy (non-hydrogen) atoms. The Labute approximate surface area is 113 Å². The van der Waals surface area contributed by atoms with Crippen LogP contribution in [0.5, 0.6) is 11.5 Å². The number of benzene rings is 1. The number of ether oxygens (including phenoxy) is 1. The second-order valence-electron chi connectivity index (χ2n) is 4.50. The Morgan fingerprint density at radius 1 is 1.42 bits per heavy atom. The second-order valence-corrected chi connectivity index (χ2v) is 4.50. The Hall–Kier alpha value is -1.91. The zero-order chi connectivity index (χ0) is 14.6. The number of phenolic OH excluding ortho intramolecular Hbond substituents is 1. The molecule has 0 radical (unpaired) electrons. The first-order chi connectivity index (χ1) is 8.92. The summed E-state index contributed by atoms with van der Waals surface area (Å²) in [7, 11) is 1.86. The molecule has 0 amide bonds. The van der Waals surface area contributed by atoms with Crippen molar-refractivity contribution in [3.05, 3.63) is 17.2 Å². The van der Waals surface area contributed by atoms with E-state index in [0.717, 1.165) is 24.0 Å². The van der Waals surface area contributed by atoms with Crippen molar-refractivity contribution in [1.29, 1.82) is 0 Å². The first-order valence-electron chi connectivity index (χ1n) is 6.39. The lowest BCUT2D eigenvalue weighted by Crippen LogP contribution is -2.19. The van der Waals surface area contributed by atoms with E-state index < -0.39 is 6.16 Å². The van der Waals surface area contributed by atoms with Gasteiger partial charge in [0.05, 0.1) is 5.69 Å². The van der Waals surface area contributed by atoms with Gasteiger partial charge in [-0.2, -0.15) is 0 Å². The molecule has 0 spiro atoms. The number of carbonyl (C=O) groups is 1. The molecule has 1 aromatic carbocycles. The Kier molecular flexibility index (Phi) is 5.03. The van der Waals surface area contributed by atoms with Crippen molar-refractivity contribution in [2.45, 2.75) is 33.6 Å². The maximum absolute atomic E-state index is 10.6. The van der Waals surface area contributed by atoms with Crippen molar-refractivity contribution in [1.82, 2.24) is 0 Å². The number of nitrogens with zero attached hydrogens (tertiary/aromatic N) is 1. The molecule has 0 saturated carbocycles. The summed E-state index contributed by atoms with van der Waals surface area (Å²) in [5.41, 5.74) is 2.61. The molecule has 0 aliphatic rings. The van der Waals surface area contributed by atoms with Gasteiger partial charge in [-0.25, -0.2) is 4.79 Å². The first kappa shape index (κ1) is 15.1. The molecule has 1 aromatic rings. The highest BCUT2D eigenvalue weighted by Crippen LogP contribution is 2.41. The van der Waals surface area contributed by atoms with Gasteiger partial charge in [-0.1, -0.05) is 13.3 Å². The minimum absolute atomic E-state index is 0.0137. The van der Waals surface area contributed by atoms with E-state index in [1.54, 1.807) is 6.07 Å². The minimum Gasteiger partial charge on any atom is -0.503 e.